The van der Waals surface area contributed by atoms with Crippen molar-refractivity contribution < 1.29 is 4.79 Å². The van der Waals surface area contributed by atoms with Gasteiger partial charge in [0.2, 0.25) is 5.91 Å². The Balaban J connectivity index is 1.83. The lowest BCUT2D eigenvalue weighted by Gasteiger charge is -2.21. The molecule has 1 amide bonds. The standard InChI is InChI=1S/C16H22N4O/c1-13(2)15(14-6-4-3-5-7-14)10-18-16(21)8-9-20-12-17-11-19-20/h3-7,11-13,15H,8-10H2,1-2H3,(H,18,21). The number of nitrogens with one attached hydrogen (secondary N) is 1. The van der Waals surface area contributed by atoms with Crippen molar-refractivity contribution in [3.63, 3.8) is 0 Å². The summed E-state index contributed by atoms with van der Waals surface area (Å²) < 4.78 is 1.66. The highest BCUT2D eigenvalue weighted by atomic mass is 16.1. The fourth-order valence-corrected chi connectivity index (χ4v) is 2.32. The molecule has 1 heterocycles. The van der Waals surface area contributed by atoms with Crippen LogP contribution in [0.5, 0.6) is 0 Å². The molecule has 0 aliphatic rings. The number of carbonyl (C=O) groups is 1. The van der Waals surface area contributed by atoms with Crippen LogP contribution in [-0.4, -0.2) is 27.2 Å². The van der Waals surface area contributed by atoms with Gasteiger partial charge in [0.15, 0.2) is 0 Å². The number of amides is 1. The summed E-state index contributed by atoms with van der Waals surface area (Å²) in [4.78, 5) is 15.8. The van der Waals surface area contributed by atoms with Crippen LogP contribution in [-0.2, 0) is 11.3 Å². The van der Waals surface area contributed by atoms with E-state index in [4.69, 9.17) is 0 Å². The van der Waals surface area contributed by atoms with E-state index in [-0.39, 0.29) is 5.91 Å². The van der Waals surface area contributed by atoms with Crippen LogP contribution >= 0.6 is 0 Å². The molecule has 0 fully saturated rings. The Morgan fingerprint density at radius 1 is 1.29 bits per heavy atom. The molecular formula is C16H22N4O. The van der Waals surface area contributed by atoms with E-state index in [0.717, 1.165) is 0 Å². The van der Waals surface area contributed by atoms with Crippen molar-refractivity contribution in [2.75, 3.05) is 6.54 Å². The highest BCUT2D eigenvalue weighted by Crippen LogP contribution is 2.23. The second kappa shape index (κ2) is 7.57. The Morgan fingerprint density at radius 3 is 2.67 bits per heavy atom. The number of carbonyl (C=O) groups excluding carboxylic acids is 1. The lowest BCUT2D eigenvalue weighted by molar-refractivity contribution is -0.121. The number of rotatable bonds is 7. The number of aryl methyl sites for hydroxylation is 1. The van der Waals surface area contributed by atoms with E-state index in [2.05, 4.69) is 41.4 Å². The zero-order valence-corrected chi connectivity index (χ0v) is 12.6. The van der Waals surface area contributed by atoms with Gasteiger partial charge in [-0.05, 0) is 11.5 Å². The minimum absolute atomic E-state index is 0.0482. The number of hydrogen-bond donors (Lipinski definition) is 1. The van der Waals surface area contributed by atoms with E-state index in [9.17, 15) is 4.79 Å². The predicted octanol–water partition coefficient (Wildman–Crippen LogP) is 2.22. The quantitative estimate of drug-likeness (QED) is 0.849. The molecule has 2 aromatic rings. The average Bonchev–Trinajstić information content (AvgIpc) is 2.99. The summed E-state index contributed by atoms with van der Waals surface area (Å²) in [5, 5.41) is 7.01. The molecule has 1 aromatic heterocycles. The molecule has 1 N–H and O–H groups in total. The van der Waals surface area contributed by atoms with Gasteiger partial charge in [0.05, 0.1) is 6.54 Å². The van der Waals surface area contributed by atoms with Crippen molar-refractivity contribution in [1.29, 1.82) is 0 Å². The van der Waals surface area contributed by atoms with Crippen LogP contribution in [0.3, 0.4) is 0 Å². The average molecular weight is 286 g/mol. The van der Waals surface area contributed by atoms with Gasteiger partial charge < -0.3 is 5.32 Å². The van der Waals surface area contributed by atoms with Crippen LogP contribution in [0.4, 0.5) is 0 Å². The normalized spacial score (nSPS) is 12.3. The van der Waals surface area contributed by atoms with Crippen molar-refractivity contribution in [2.24, 2.45) is 5.92 Å². The molecule has 0 aliphatic carbocycles. The van der Waals surface area contributed by atoms with Crippen molar-refractivity contribution in [3.05, 3.63) is 48.5 Å². The minimum Gasteiger partial charge on any atom is -0.355 e. The summed E-state index contributed by atoms with van der Waals surface area (Å²) in [5.41, 5.74) is 1.27. The van der Waals surface area contributed by atoms with Gasteiger partial charge in [-0.3, -0.25) is 9.48 Å². The first-order chi connectivity index (χ1) is 10.2. The molecule has 0 spiro atoms. The van der Waals surface area contributed by atoms with Crippen LogP contribution in [0.15, 0.2) is 43.0 Å². The molecule has 0 aliphatic heterocycles. The molecule has 0 radical (unpaired) electrons. The SMILES string of the molecule is CC(C)C(CNC(=O)CCn1cncn1)c1ccccc1. The lowest BCUT2D eigenvalue weighted by atomic mass is 9.88. The van der Waals surface area contributed by atoms with Crippen LogP contribution in [0.1, 0.15) is 31.7 Å². The second-order valence-corrected chi connectivity index (χ2v) is 5.47. The van der Waals surface area contributed by atoms with Crippen molar-refractivity contribution in [1.82, 2.24) is 20.1 Å². The maximum absolute atomic E-state index is 11.9. The number of aromatic nitrogens is 3. The molecule has 1 aromatic carbocycles. The summed E-state index contributed by atoms with van der Waals surface area (Å²) in [7, 11) is 0. The maximum atomic E-state index is 11.9. The Labute approximate surface area is 125 Å². The molecule has 1 unspecified atom stereocenters. The summed E-state index contributed by atoms with van der Waals surface area (Å²) in [5.74, 6) is 0.858. The molecular weight excluding hydrogens is 264 g/mol. The predicted molar refractivity (Wildman–Crippen MR) is 81.7 cm³/mol. The number of hydrogen-bond acceptors (Lipinski definition) is 3. The van der Waals surface area contributed by atoms with Gasteiger partial charge in [0, 0.05) is 18.9 Å². The summed E-state index contributed by atoms with van der Waals surface area (Å²) in [6, 6.07) is 10.3. The maximum Gasteiger partial charge on any atom is 0.221 e. The fourth-order valence-electron chi connectivity index (χ4n) is 2.32. The van der Waals surface area contributed by atoms with Crippen LogP contribution in [0, 0.1) is 5.92 Å². The third-order valence-corrected chi connectivity index (χ3v) is 3.59. The molecule has 5 nitrogen and oxygen atoms in total. The van der Waals surface area contributed by atoms with Gasteiger partial charge in [-0.15, -0.1) is 0 Å². The number of nitrogens with zero attached hydrogens (tertiary/aromatic N) is 3. The summed E-state index contributed by atoms with van der Waals surface area (Å²) in [6.45, 7) is 5.58. The third-order valence-electron chi connectivity index (χ3n) is 3.59. The highest BCUT2D eigenvalue weighted by molar-refractivity contribution is 5.75. The van der Waals surface area contributed by atoms with Crippen molar-refractivity contribution >= 4 is 5.91 Å². The summed E-state index contributed by atoms with van der Waals surface area (Å²) >= 11 is 0. The van der Waals surface area contributed by atoms with E-state index >= 15 is 0 Å². The van der Waals surface area contributed by atoms with E-state index in [0.29, 0.717) is 31.3 Å². The second-order valence-electron chi connectivity index (χ2n) is 5.47. The molecule has 0 saturated heterocycles. The Hall–Kier alpha value is -2.17. The smallest absolute Gasteiger partial charge is 0.221 e. The lowest BCUT2D eigenvalue weighted by Crippen LogP contribution is -2.31. The molecule has 0 bridgehead atoms. The van der Waals surface area contributed by atoms with Gasteiger partial charge in [-0.1, -0.05) is 44.2 Å². The van der Waals surface area contributed by atoms with E-state index in [1.165, 1.54) is 11.9 Å². The fraction of sp³-hybridized carbons (Fsp3) is 0.438. The van der Waals surface area contributed by atoms with Gasteiger partial charge in [0.1, 0.15) is 12.7 Å². The molecule has 1 atom stereocenters. The molecule has 21 heavy (non-hydrogen) atoms. The van der Waals surface area contributed by atoms with Gasteiger partial charge in [-0.2, -0.15) is 5.10 Å². The van der Waals surface area contributed by atoms with E-state index in [1.807, 2.05) is 18.2 Å². The molecule has 112 valence electrons. The topological polar surface area (TPSA) is 59.8 Å². The van der Waals surface area contributed by atoms with Gasteiger partial charge in [-0.25, -0.2) is 4.98 Å². The van der Waals surface area contributed by atoms with Crippen LogP contribution < -0.4 is 5.32 Å². The van der Waals surface area contributed by atoms with Gasteiger partial charge in [0.25, 0.3) is 0 Å². The van der Waals surface area contributed by atoms with E-state index in [1.54, 1.807) is 11.0 Å². The van der Waals surface area contributed by atoms with Crippen LogP contribution in [0.25, 0.3) is 0 Å². The first-order valence-corrected chi connectivity index (χ1v) is 7.31. The molecule has 0 saturated carbocycles. The van der Waals surface area contributed by atoms with Gasteiger partial charge >= 0.3 is 0 Å². The Kier molecular flexibility index (Phi) is 5.49. The first-order valence-electron chi connectivity index (χ1n) is 7.31. The first kappa shape index (κ1) is 15.2. The largest absolute Gasteiger partial charge is 0.355 e. The van der Waals surface area contributed by atoms with Crippen molar-refractivity contribution in [3.8, 4) is 0 Å². The zero-order chi connectivity index (χ0) is 15.1. The highest BCUT2D eigenvalue weighted by Gasteiger charge is 2.16. The molecule has 2 rings (SSSR count). The Morgan fingerprint density at radius 2 is 2.05 bits per heavy atom. The third kappa shape index (κ3) is 4.70. The monoisotopic (exact) mass is 286 g/mol. The summed E-state index contributed by atoms with van der Waals surface area (Å²) in [6.07, 6.45) is 3.51. The van der Waals surface area contributed by atoms with Crippen molar-refractivity contribution in [2.45, 2.75) is 32.7 Å². The van der Waals surface area contributed by atoms with Crippen LogP contribution in [0.2, 0.25) is 0 Å². The minimum atomic E-state index is 0.0482. The number of benzene rings is 1. The zero-order valence-electron chi connectivity index (χ0n) is 12.6. The molecule has 5 heteroatoms. The Bertz CT molecular complexity index is 537. The van der Waals surface area contributed by atoms with E-state index < -0.39 is 0 Å².